The van der Waals surface area contributed by atoms with Gasteiger partial charge in [-0.25, -0.2) is 0 Å². The Labute approximate surface area is 385 Å². The number of thiophene rings is 1. The number of fused-ring (bicyclic) bond motifs is 2. The van der Waals surface area contributed by atoms with Gasteiger partial charge in [0.1, 0.15) is 24.2 Å². The standard InChI is InChI=1S/C49H65N7O8S/c1-34-29-38-30-37(48(58)54-18-20-55(21-19-54)49(59)41(32-44(57)35(2)50-3)36-7-5-4-6-8-36)9-10-43(38)56(34)22-23-60-24-25-61-26-27-62-46-31-40(64-52-46)33-53-16-12-39(13-17-53)63-45-11-15-51-42-14-28-65-47(42)45/h9-11,14-15,28-31,35-36,39,41,50H,4-8,12-13,16-27,32-33H2,1-3H3/t35-,41-/m0/s1. The Morgan fingerprint density at radius 1 is 0.877 bits per heavy atom. The van der Waals surface area contributed by atoms with Crippen LogP contribution in [0.5, 0.6) is 11.6 Å². The van der Waals surface area contributed by atoms with E-state index in [1.165, 1.54) is 6.42 Å². The number of pyridine rings is 1. The van der Waals surface area contributed by atoms with Crippen molar-refractivity contribution in [1.29, 1.82) is 0 Å². The van der Waals surface area contributed by atoms with E-state index in [4.69, 9.17) is 23.5 Å². The van der Waals surface area contributed by atoms with Crippen LogP contribution in [0.2, 0.25) is 0 Å². The fourth-order valence-corrected chi connectivity index (χ4v) is 10.4. The highest BCUT2D eigenvalue weighted by molar-refractivity contribution is 7.17. The summed E-state index contributed by atoms with van der Waals surface area (Å²) in [6, 6.07) is 13.5. The fraction of sp³-hybridized carbons (Fsp3) is 0.571. The monoisotopic (exact) mass is 911 g/mol. The molecule has 15 nitrogen and oxygen atoms in total. The molecule has 5 aromatic rings. The highest BCUT2D eigenvalue weighted by atomic mass is 32.1. The van der Waals surface area contributed by atoms with Gasteiger partial charge in [0, 0.05) is 92.6 Å². The highest BCUT2D eigenvalue weighted by Gasteiger charge is 2.36. The van der Waals surface area contributed by atoms with Gasteiger partial charge in [-0.05, 0) is 99.4 Å². The molecule has 2 amide bonds. The predicted octanol–water partition coefficient (Wildman–Crippen LogP) is 6.75. The van der Waals surface area contributed by atoms with Crippen molar-refractivity contribution in [3.63, 3.8) is 0 Å². The molecule has 6 heterocycles. The minimum Gasteiger partial charge on any atom is -0.489 e. The van der Waals surface area contributed by atoms with E-state index in [1.807, 2.05) is 64.7 Å². The van der Waals surface area contributed by atoms with Gasteiger partial charge in [-0.1, -0.05) is 19.3 Å². The molecule has 2 atom stereocenters. The van der Waals surface area contributed by atoms with E-state index in [0.717, 1.165) is 89.9 Å². The maximum atomic E-state index is 13.9. The lowest BCUT2D eigenvalue weighted by atomic mass is 9.76. The Kier molecular flexibility index (Phi) is 16.2. The summed E-state index contributed by atoms with van der Waals surface area (Å²) in [5, 5.41) is 10.2. The summed E-state index contributed by atoms with van der Waals surface area (Å²) in [7, 11) is 1.78. The predicted molar refractivity (Wildman–Crippen MR) is 250 cm³/mol. The SMILES string of the molecule is CN[C@@H](C)C(=O)C[C@H](C(=O)N1CCN(C(=O)c2ccc3c(c2)cc(C)n3CCOCCOCCOc2cc(CN3CCC(Oc4ccnc5ccsc45)CC3)on2)CC1)C1CCCCC1. The molecule has 1 aromatic carbocycles. The van der Waals surface area contributed by atoms with Gasteiger partial charge in [0.05, 0.1) is 49.2 Å². The summed E-state index contributed by atoms with van der Waals surface area (Å²) in [6.45, 7) is 11.2. The van der Waals surface area contributed by atoms with Crippen LogP contribution < -0.4 is 14.8 Å². The summed E-state index contributed by atoms with van der Waals surface area (Å²) in [6.07, 6.45) is 9.57. The largest absolute Gasteiger partial charge is 0.489 e. The number of benzene rings is 1. The Hall–Kier alpha value is -4.87. The van der Waals surface area contributed by atoms with E-state index in [9.17, 15) is 14.4 Å². The number of piperazine rings is 1. The number of aromatic nitrogens is 3. The van der Waals surface area contributed by atoms with Gasteiger partial charge in [-0.15, -0.1) is 11.3 Å². The summed E-state index contributed by atoms with van der Waals surface area (Å²) in [5.74, 6) is 2.25. The Balaban J connectivity index is 0.702. The van der Waals surface area contributed by atoms with Gasteiger partial charge in [0.2, 0.25) is 5.91 Å². The topological polar surface area (TPSA) is 154 Å². The van der Waals surface area contributed by atoms with Crippen LogP contribution in [0.15, 0.2) is 58.6 Å². The molecule has 0 radical (unpaired) electrons. The molecule has 16 heteroatoms. The average Bonchev–Trinajstić information content (AvgIpc) is 4.09. The maximum absolute atomic E-state index is 13.9. The second-order valence-corrected chi connectivity index (χ2v) is 18.7. The van der Waals surface area contributed by atoms with Crippen molar-refractivity contribution in [3.8, 4) is 11.6 Å². The minimum atomic E-state index is -0.286. The van der Waals surface area contributed by atoms with Crippen LogP contribution in [0.25, 0.3) is 21.1 Å². The summed E-state index contributed by atoms with van der Waals surface area (Å²) in [4.78, 5) is 51.0. The molecular formula is C49H65N7O8S. The number of hydrogen-bond donors (Lipinski definition) is 1. The average molecular weight is 912 g/mol. The zero-order valence-electron chi connectivity index (χ0n) is 38.2. The molecule has 0 unspecified atom stereocenters. The fourth-order valence-electron chi connectivity index (χ4n) is 9.58. The number of piperidine rings is 1. The van der Waals surface area contributed by atoms with Crippen LogP contribution >= 0.6 is 11.3 Å². The molecule has 1 N–H and O–H groups in total. The third-order valence-electron chi connectivity index (χ3n) is 13.5. The molecular weight excluding hydrogens is 847 g/mol. The van der Waals surface area contributed by atoms with Gasteiger partial charge in [0.25, 0.3) is 11.8 Å². The molecule has 65 heavy (non-hydrogen) atoms. The zero-order chi connectivity index (χ0) is 45.1. The smallest absolute Gasteiger partial charge is 0.254 e. The van der Waals surface area contributed by atoms with E-state index >= 15 is 0 Å². The van der Waals surface area contributed by atoms with Gasteiger partial charge < -0.3 is 43.2 Å². The first kappa shape index (κ1) is 46.7. The van der Waals surface area contributed by atoms with Crippen molar-refractivity contribution < 1.29 is 37.9 Å². The minimum absolute atomic E-state index is 0.0264. The number of amides is 2. The number of likely N-dealkylation sites (N-methyl/N-ethyl adjacent to an activating group) is 1. The lowest BCUT2D eigenvalue weighted by Gasteiger charge is -2.39. The number of Topliss-reactive ketones (excluding diaryl/α,β-unsaturated/α-hetero) is 1. The maximum Gasteiger partial charge on any atom is 0.254 e. The van der Waals surface area contributed by atoms with E-state index in [-0.39, 0.29) is 48.0 Å². The lowest BCUT2D eigenvalue weighted by molar-refractivity contribution is -0.142. The molecule has 8 rings (SSSR count). The molecule has 4 aromatic heterocycles. The Bertz CT molecular complexity index is 2340. The van der Waals surface area contributed by atoms with Crippen molar-refractivity contribution >= 4 is 50.1 Å². The zero-order valence-corrected chi connectivity index (χ0v) is 39.0. The van der Waals surface area contributed by atoms with E-state index in [2.05, 4.69) is 37.9 Å². The van der Waals surface area contributed by atoms with Crippen molar-refractivity contribution in [2.24, 2.45) is 11.8 Å². The molecule has 3 fully saturated rings. The number of carbonyl (C=O) groups excluding carboxylic acids is 3. The van der Waals surface area contributed by atoms with Crippen molar-refractivity contribution in [2.45, 2.75) is 90.4 Å². The van der Waals surface area contributed by atoms with Crippen LogP contribution in [0, 0.1) is 18.8 Å². The molecule has 1 saturated carbocycles. The number of nitrogens with zero attached hydrogens (tertiary/aromatic N) is 6. The lowest BCUT2D eigenvalue weighted by Crippen LogP contribution is -2.53. The highest BCUT2D eigenvalue weighted by Crippen LogP contribution is 2.34. The van der Waals surface area contributed by atoms with Gasteiger partial charge in [-0.2, -0.15) is 0 Å². The third kappa shape index (κ3) is 11.9. The Morgan fingerprint density at radius 2 is 1.63 bits per heavy atom. The number of rotatable bonds is 21. The van der Waals surface area contributed by atoms with Crippen molar-refractivity contribution in [2.75, 3.05) is 79.4 Å². The van der Waals surface area contributed by atoms with Crippen LogP contribution in [0.4, 0.5) is 0 Å². The molecule has 3 aliphatic rings. The van der Waals surface area contributed by atoms with Crippen LogP contribution in [0.1, 0.15) is 80.1 Å². The summed E-state index contributed by atoms with van der Waals surface area (Å²) >= 11 is 1.66. The molecule has 0 spiro atoms. The second-order valence-electron chi connectivity index (χ2n) is 17.8. The van der Waals surface area contributed by atoms with E-state index in [1.54, 1.807) is 18.4 Å². The summed E-state index contributed by atoms with van der Waals surface area (Å²) < 4.78 is 32.6. The van der Waals surface area contributed by atoms with Crippen molar-refractivity contribution in [3.05, 3.63) is 71.1 Å². The summed E-state index contributed by atoms with van der Waals surface area (Å²) in [5.41, 5.74) is 3.77. The molecule has 350 valence electrons. The Morgan fingerprint density at radius 3 is 2.42 bits per heavy atom. The number of nitrogens with one attached hydrogen (secondary N) is 1. The van der Waals surface area contributed by atoms with Crippen LogP contribution in [0.3, 0.4) is 0 Å². The first-order valence-corrected chi connectivity index (χ1v) is 24.4. The quantitative estimate of drug-likeness (QED) is 0.0775. The number of ether oxygens (including phenoxy) is 4. The van der Waals surface area contributed by atoms with Crippen molar-refractivity contribution in [1.82, 2.24) is 34.7 Å². The third-order valence-corrected chi connectivity index (χ3v) is 14.4. The first-order chi connectivity index (χ1) is 31.7. The molecule has 2 saturated heterocycles. The van der Waals surface area contributed by atoms with Gasteiger partial charge in [-0.3, -0.25) is 24.3 Å². The number of carbonyl (C=O) groups is 3. The number of likely N-dealkylation sites (tertiary alicyclic amines) is 1. The number of hydrogen-bond acceptors (Lipinski definition) is 13. The number of aryl methyl sites for hydroxylation is 1. The van der Waals surface area contributed by atoms with Crippen LogP contribution in [-0.2, 0) is 32.2 Å². The molecule has 0 bridgehead atoms. The first-order valence-electron chi connectivity index (χ1n) is 23.6. The molecule has 1 aliphatic carbocycles. The number of ketones is 1. The van der Waals surface area contributed by atoms with Crippen LogP contribution in [-0.4, -0.2) is 139 Å². The van der Waals surface area contributed by atoms with E-state index < -0.39 is 0 Å². The van der Waals surface area contributed by atoms with E-state index in [0.29, 0.717) is 83.7 Å². The van der Waals surface area contributed by atoms with Gasteiger partial charge in [0.15, 0.2) is 5.76 Å². The van der Waals surface area contributed by atoms with Gasteiger partial charge >= 0.3 is 0 Å². The normalized spacial score (nSPS) is 17.8. The molecule has 2 aliphatic heterocycles. The second kappa shape index (κ2) is 22.6.